The van der Waals surface area contributed by atoms with Crippen molar-refractivity contribution in [3.63, 3.8) is 0 Å². The van der Waals surface area contributed by atoms with E-state index in [0.717, 1.165) is 6.07 Å². The van der Waals surface area contributed by atoms with E-state index in [-0.39, 0.29) is 10.7 Å². The first-order chi connectivity index (χ1) is 8.93. The molecule has 2 rings (SSSR count). The fourth-order valence-corrected chi connectivity index (χ4v) is 2.51. The zero-order chi connectivity index (χ0) is 14.0. The number of hydrogen-bond donors (Lipinski definition) is 0. The molecule has 2 heterocycles. The summed E-state index contributed by atoms with van der Waals surface area (Å²) >= 11 is 7.20. The summed E-state index contributed by atoms with van der Waals surface area (Å²) in [6.07, 6.45) is -3.81. The summed E-state index contributed by atoms with van der Waals surface area (Å²) in [5.74, 6) is -0.763. The lowest BCUT2D eigenvalue weighted by atomic mass is 9.99. The lowest BCUT2D eigenvalue weighted by Gasteiger charge is -2.12. The molecule has 0 amide bonds. The first-order valence-electron chi connectivity index (χ1n) is 5.08. The van der Waals surface area contributed by atoms with Gasteiger partial charge in [-0.15, -0.1) is 0 Å². The van der Waals surface area contributed by atoms with Gasteiger partial charge in [-0.1, -0.05) is 11.6 Å². The van der Waals surface area contributed by atoms with E-state index in [1.807, 2.05) is 6.07 Å². The second-order valence-electron chi connectivity index (χ2n) is 3.71. The number of halogens is 4. The van der Waals surface area contributed by atoms with Crippen LogP contribution in [-0.2, 0) is 6.18 Å². The van der Waals surface area contributed by atoms with Gasteiger partial charge in [0, 0.05) is 6.20 Å². The van der Waals surface area contributed by atoms with E-state index in [2.05, 4.69) is 4.98 Å². The van der Waals surface area contributed by atoms with Crippen molar-refractivity contribution in [1.29, 1.82) is 5.26 Å². The van der Waals surface area contributed by atoms with Gasteiger partial charge in [-0.25, -0.2) is 0 Å². The van der Waals surface area contributed by atoms with Crippen LogP contribution in [0, 0.1) is 11.3 Å². The maximum atomic E-state index is 12.5. The van der Waals surface area contributed by atoms with Crippen LogP contribution in [0.3, 0.4) is 0 Å². The van der Waals surface area contributed by atoms with E-state index in [4.69, 9.17) is 16.9 Å². The molecule has 0 aliphatic rings. The highest BCUT2D eigenvalue weighted by Gasteiger charge is 2.32. The second kappa shape index (κ2) is 5.19. The molecular formula is C12H6ClF3N2S. The van der Waals surface area contributed by atoms with Crippen LogP contribution >= 0.6 is 22.9 Å². The number of rotatable bonds is 2. The van der Waals surface area contributed by atoms with Crippen LogP contribution in [0.1, 0.15) is 22.7 Å². The molecule has 1 atom stereocenters. The average Bonchev–Trinajstić information content (AvgIpc) is 2.84. The monoisotopic (exact) mass is 302 g/mol. The molecule has 1 unspecified atom stereocenters. The molecule has 0 fully saturated rings. The molecule has 0 radical (unpaired) electrons. The van der Waals surface area contributed by atoms with Crippen molar-refractivity contribution >= 4 is 22.9 Å². The second-order valence-corrected chi connectivity index (χ2v) is 4.89. The zero-order valence-corrected chi connectivity index (χ0v) is 10.9. The van der Waals surface area contributed by atoms with Gasteiger partial charge in [0.1, 0.15) is 5.92 Å². The van der Waals surface area contributed by atoms with Crippen LogP contribution in [0.25, 0.3) is 0 Å². The van der Waals surface area contributed by atoms with Crippen molar-refractivity contribution < 1.29 is 13.2 Å². The van der Waals surface area contributed by atoms with Crippen molar-refractivity contribution in [2.75, 3.05) is 0 Å². The Morgan fingerprint density at radius 3 is 2.63 bits per heavy atom. The normalized spacial score (nSPS) is 13.0. The molecule has 7 heteroatoms. The van der Waals surface area contributed by atoms with Crippen LogP contribution in [-0.4, -0.2) is 4.98 Å². The van der Waals surface area contributed by atoms with Gasteiger partial charge in [0.25, 0.3) is 0 Å². The summed E-state index contributed by atoms with van der Waals surface area (Å²) in [4.78, 5) is 3.70. The lowest BCUT2D eigenvalue weighted by molar-refractivity contribution is -0.137. The van der Waals surface area contributed by atoms with E-state index < -0.39 is 17.7 Å². The van der Waals surface area contributed by atoms with Gasteiger partial charge in [-0.2, -0.15) is 29.8 Å². The Hall–Kier alpha value is -1.58. The first-order valence-corrected chi connectivity index (χ1v) is 6.40. The Kier molecular flexibility index (Phi) is 3.78. The topological polar surface area (TPSA) is 36.7 Å². The Labute approximate surface area is 116 Å². The molecule has 0 bridgehead atoms. The Bertz CT molecular complexity index is 617. The fraction of sp³-hybridized carbons (Fsp3) is 0.167. The highest BCUT2D eigenvalue weighted by molar-refractivity contribution is 7.08. The van der Waals surface area contributed by atoms with E-state index in [0.29, 0.717) is 11.8 Å². The smallest absolute Gasteiger partial charge is 0.257 e. The Morgan fingerprint density at radius 1 is 1.42 bits per heavy atom. The average molecular weight is 303 g/mol. The largest absolute Gasteiger partial charge is 0.417 e. The van der Waals surface area contributed by atoms with Gasteiger partial charge < -0.3 is 0 Å². The Morgan fingerprint density at radius 2 is 2.16 bits per heavy atom. The molecule has 0 saturated carbocycles. The van der Waals surface area contributed by atoms with E-state index in [9.17, 15) is 13.2 Å². The van der Waals surface area contributed by atoms with Crippen LogP contribution in [0.15, 0.2) is 29.1 Å². The van der Waals surface area contributed by atoms with Crippen LogP contribution in [0.5, 0.6) is 0 Å². The third kappa shape index (κ3) is 2.88. The maximum Gasteiger partial charge on any atom is 0.417 e. The van der Waals surface area contributed by atoms with Gasteiger partial charge in [-0.05, 0) is 28.5 Å². The van der Waals surface area contributed by atoms with Crippen molar-refractivity contribution in [1.82, 2.24) is 4.98 Å². The van der Waals surface area contributed by atoms with Gasteiger partial charge >= 0.3 is 6.18 Å². The van der Waals surface area contributed by atoms with E-state index in [1.54, 1.807) is 16.8 Å². The highest BCUT2D eigenvalue weighted by atomic mass is 35.5. The number of nitriles is 1. The standard InChI is InChI=1S/C12H6ClF3N2S/c13-10-3-8(12(14,15)16)5-18-11(10)9(4-17)7-1-2-19-6-7/h1-3,5-6,9H. The number of pyridine rings is 1. The molecule has 0 aliphatic carbocycles. The molecule has 2 nitrogen and oxygen atoms in total. The third-order valence-electron chi connectivity index (χ3n) is 2.48. The molecule has 0 aliphatic heterocycles. The molecular weight excluding hydrogens is 297 g/mol. The van der Waals surface area contributed by atoms with Crippen LogP contribution in [0.2, 0.25) is 5.02 Å². The van der Waals surface area contributed by atoms with Crippen molar-refractivity contribution in [2.24, 2.45) is 0 Å². The number of alkyl halides is 3. The third-order valence-corrected chi connectivity index (χ3v) is 3.48. The van der Waals surface area contributed by atoms with Crippen molar-refractivity contribution in [3.8, 4) is 6.07 Å². The number of hydrogen-bond acceptors (Lipinski definition) is 3. The molecule has 2 aromatic rings. The first kappa shape index (κ1) is 13.8. The summed E-state index contributed by atoms with van der Waals surface area (Å²) < 4.78 is 37.5. The minimum absolute atomic E-state index is 0.135. The predicted molar refractivity (Wildman–Crippen MR) is 66.0 cm³/mol. The SMILES string of the molecule is N#CC(c1ccsc1)c1ncc(C(F)(F)F)cc1Cl. The van der Waals surface area contributed by atoms with E-state index >= 15 is 0 Å². The lowest BCUT2D eigenvalue weighted by Crippen LogP contribution is -2.08. The molecule has 0 saturated heterocycles. The van der Waals surface area contributed by atoms with Crippen LogP contribution in [0.4, 0.5) is 13.2 Å². The zero-order valence-electron chi connectivity index (χ0n) is 9.28. The quantitative estimate of drug-likeness (QED) is 0.820. The number of aromatic nitrogens is 1. The number of nitrogens with zero attached hydrogens (tertiary/aromatic N) is 2. The molecule has 98 valence electrons. The van der Waals surface area contributed by atoms with Gasteiger partial charge in [0.2, 0.25) is 0 Å². The maximum absolute atomic E-state index is 12.5. The Balaban J connectivity index is 2.44. The minimum atomic E-state index is -4.50. The summed E-state index contributed by atoms with van der Waals surface area (Å²) in [5.41, 5.74) is -0.125. The van der Waals surface area contributed by atoms with Crippen molar-refractivity contribution in [2.45, 2.75) is 12.1 Å². The summed E-state index contributed by atoms with van der Waals surface area (Å²) in [7, 11) is 0. The van der Waals surface area contributed by atoms with Gasteiger partial charge in [0.05, 0.1) is 22.3 Å². The molecule has 2 aromatic heterocycles. The molecule has 0 N–H and O–H groups in total. The van der Waals surface area contributed by atoms with Crippen molar-refractivity contribution in [3.05, 3.63) is 50.9 Å². The van der Waals surface area contributed by atoms with Gasteiger partial charge in [-0.3, -0.25) is 4.98 Å². The predicted octanol–water partition coefficient (Wildman–Crippen LogP) is 4.47. The molecule has 0 aromatic carbocycles. The fourth-order valence-electron chi connectivity index (χ4n) is 1.55. The molecule has 0 spiro atoms. The summed E-state index contributed by atoms with van der Waals surface area (Å²) in [6, 6.07) is 4.51. The van der Waals surface area contributed by atoms with Gasteiger partial charge in [0.15, 0.2) is 0 Å². The number of thiophene rings is 1. The minimum Gasteiger partial charge on any atom is -0.257 e. The van der Waals surface area contributed by atoms with Crippen LogP contribution < -0.4 is 0 Å². The highest BCUT2D eigenvalue weighted by Crippen LogP contribution is 2.34. The van der Waals surface area contributed by atoms with E-state index in [1.165, 1.54) is 11.3 Å². The summed E-state index contributed by atoms with van der Waals surface area (Å²) in [5, 5.41) is 12.5. The molecule has 19 heavy (non-hydrogen) atoms. The summed E-state index contributed by atoms with van der Waals surface area (Å²) in [6.45, 7) is 0.